The van der Waals surface area contributed by atoms with E-state index in [2.05, 4.69) is 5.32 Å². The van der Waals surface area contributed by atoms with Crippen molar-refractivity contribution >= 4 is 0 Å². The van der Waals surface area contributed by atoms with Crippen molar-refractivity contribution in [2.75, 3.05) is 13.2 Å². The van der Waals surface area contributed by atoms with Crippen LogP contribution in [0.5, 0.6) is 0 Å². The molecule has 1 rings (SSSR count). The van der Waals surface area contributed by atoms with E-state index in [1.54, 1.807) is 6.92 Å². The predicted molar refractivity (Wildman–Crippen MR) is 43.4 cm³/mol. The molecule has 3 nitrogen and oxygen atoms in total. The molecule has 66 valence electrons. The molecule has 1 atom stereocenters. The summed E-state index contributed by atoms with van der Waals surface area (Å²) in [7, 11) is 0. The van der Waals surface area contributed by atoms with Gasteiger partial charge in [-0.2, -0.15) is 0 Å². The molecule has 0 unspecified atom stereocenters. The molecule has 1 aliphatic carbocycles. The molecule has 0 bridgehead atoms. The Labute approximate surface area is 67.4 Å². The van der Waals surface area contributed by atoms with E-state index in [9.17, 15) is 0 Å². The Morgan fingerprint density at radius 3 is 2.45 bits per heavy atom. The lowest BCUT2D eigenvalue weighted by Crippen LogP contribution is -2.55. The fraction of sp³-hybridized carbons (Fsp3) is 1.00. The number of hydrogen-bond acceptors (Lipinski definition) is 3. The van der Waals surface area contributed by atoms with Gasteiger partial charge in [0, 0.05) is 12.1 Å². The molecule has 0 spiro atoms. The molecule has 0 saturated heterocycles. The van der Waals surface area contributed by atoms with Gasteiger partial charge in [-0.3, -0.25) is 0 Å². The number of aliphatic hydroxyl groups excluding tert-OH is 2. The second kappa shape index (κ2) is 3.52. The van der Waals surface area contributed by atoms with Crippen LogP contribution in [0.25, 0.3) is 0 Å². The summed E-state index contributed by atoms with van der Waals surface area (Å²) in [5.41, 5.74) is -0.0585. The Bertz CT molecular complexity index is 116. The second-order valence-electron chi connectivity index (χ2n) is 3.52. The zero-order chi connectivity index (χ0) is 8.32. The van der Waals surface area contributed by atoms with Crippen LogP contribution in [0.2, 0.25) is 0 Å². The molecule has 0 radical (unpaired) electrons. The summed E-state index contributed by atoms with van der Waals surface area (Å²) in [5.74, 6) is 0. The summed E-state index contributed by atoms with van der Waals surface area (Å²) in [6.07, 6.45) is 2.94. The minimum atomic E-state index is -0.320. The van der Waals surface area contributed by atoms with Crippen molar-refractivity contribution in [2.24, 2.45) is 0 Å². The lowest BCUT2D eigenvalue weighted by atomic mass is 9.77. The summed E-state index contributed by atoms with van der Waals surface area (Å²) in [5, 5.41) is 21.2. The summed E-state index contributed by atoms with van der Waals surface area (Å²) >= 11 is 0. The summed E-state index contributed by atoms with van der Waals surface area (Å²) < 4.78 is 0. The first-order valence-corrected chi connectivity index (χ1v) is 4.22. The van der Waals surface area contributed by atoms with Crippen molar-refractivity contribution in [3.8, 4) is 0 Å². The molecule has 0 aromatic carbocycles. The van der Waals surface area contributed by atoms with E-state index in [1.807, 2.05) is 0 Å². The van der Waals surface area contributed by atoms with Crippen LogP contribution in [0.15, 0.2) is 0 Å². The monoisotopic (exact) mass is 159 g/mol. The molecule has 1 aliphatic rings. The summed E-state index contributed by atoms with van der Waals surface area (Å²) in [6, 6.07) is 0. The summed E-state index contributed by atoms with van der Waals surface area (Å²) in [4.78, 5) is 0. The first kappa shape index (κ1) is 8.97. The second-order valence-corrected chi connectivity index (χ2v) is 3.52. The molecule has 1 saturated carbocycles. The smallest absolute Gasteiger partial charge is 0.0636 e. The van der Waals surface area contributed by atoms with Crippen LogP contribution in [0, 0.1) is 0 Å². The Morgan fingerprint density at radius 2 is 2.18 bits per heavy atom. The van der Waals surface area contributed by atoms with E-state index in [1.165, 1.54) is 6.42 Å². The molecular weight excluding hydrogens is 142 g/mol. The van der Waals surface area contributed by atoms with Crippen molar-refractivity contribution < 1.29 is 10.2 Å². The van der Waals surface area contributed by atoms with Gasteiger partial charge in [-0.05, 0) is 26.2 Å². The maximum absolute atomic E-state index is 9.01. The van der Waals surface area contributed by atoms with Gasteiger partial charge in [0.25, 0.3) is 0 Å². The normalized spacial score (nSPS) is 24.3. The van der Waals surface area contributed by atoms with Gasteiger partial charge in [0.1, 0.15) is 0 Å². The average Bonchev–Trinajstić information content (AvgIpc) is 1.86. The van der Waals surface area contributed by atoms with Crippen LogP contribution in [0.1, 0.15) is 26.2 Å². The maximum atomic E-state index is 9.01. The topological polar surface area (TPSA) is 52.5 Å². The maximum Gasteiger partial charge on any atom is 0.0636 e. The number of hydrogen-bond donors (Lipinski definition) is 3. The van der Waals surface area contributed by atoms with E-state index in [4.69, 9.17) is 10.2 Å². The number of β-amino-alcohol motifs (C(OH)–C–C–N with tert-alkyl or cyclic N) is 1. The van der Waals surface area contributed by atoms with E-state index in [-0.39, 0.29) is 18.2 Å². The largest absolute Gasteiger partial charge is 0.394 e. The van der Waals surface area contributed by atoms with Crippen molar-refractivity contribution in [1.29, 1.82) is 0 Å². The molecule has 0 aliphatic heterocycles. The molecule has 0 heterocycles. The van der Waals surface area contributed by atoms with Gasteiger partial charge in [-0.15, -0.1) is 0 Å². The highest BCUT2D eigenvalue weighted by Gasteiger charge is 2.35. The van der Waals surface area contributed by atoms with Crippen molar-refractivity contribution in [2.45, 2.75) is 37.8 Å². The molecule has 0 aromatic heterocycles. The molecule has 3 heteroatoms. The van der Waals surface area contributed by atoms with Gasteiger partial charge in [0.2, 0.25) is 0 Å². The fourth-order valence-electron chi connectivity index (χ4n) is 1.36. The van der Waals surface area contributed by atoms with Gasteiger partial charge in [0.05, 0.1) is 12.7 Å². The molecule has 1 fully saturated rings. The van der Waals surface area contributed by atoms with Gasteiger partial charge in [-0.1, -0.05) is 0 Å². The van der Waals surface area contributed by atoms with Gasteiger partial charge in [0.15, 0.2) is 0 Å². The third-order valence-corrected chi connectivity index (χ3v) is 2.39. The van der Waals surface area contributed by atoms with Crippen molar-refractivity contribution in [3.63, 3.8) is 0 Å². The molecule has 3 N–H and O–H groups in total. The van der Waals surface area contributed by atoms with Crippen LogP contribution < -0.4 is 5.32 Å². The number of aliphatic hydroxyl groups is 2. The lowest BCUT2D eigenvalue weighted by molar-refractivity contribution is 0.0723. The quantitative estimate of drug-likeness (QED) is 0.535. The molecular formula is C8H17NO2. The third kappa shape index (κ3) is 2.15. The Kier molecular flexibility index (Phi) is 2.87. The van der Waals surface area contributed by atoms with Gasteiger partial charge < -0.3 is 15.5 Å². The van der Waals surface area contributed by atoms with E-state index in [0.29, 0.717) is 6.54 Å². The lowest BCUT2D eigenvalue weighted by Gasteiger charge is -2.41. The molecule has 0 amide bonds. The van der Waals surface area contributed by atoms with Gasteiger partial charge >= 0.3 is 0 Å². The molecule has 0 aromatic rings. The van der Waals surface area contributed by atoms with Crippen molar-refractivity contribution in [3.05, 3.63) is 0 Å². The highest BCUT2D eigenvalue weighted by molar-refractivity contribution is 4.95. The van der Waals surface area contributed by atoms with Crippen LogP contribution in [0.4, 0.5) is 0 Å². The fourth-order valence-corrected chi connectivity index (χ4v) is 1.36. The van der Waals surface area contributed by atoms with E-state index in [0.717, 1.165) is 12.8 Å². The third-order valence-electron chi connectivity index (χ3n) is 2.39. The average molecular weight is 159 g/mol. The van der Waals surface area contributed by atoms with Crippen LogP contribution >= 0.6 is 0 Å². The van der Waals surface area contributed by atoms with Gasteiger partial charge in [-0.25, -0.2) is 0 Å². The summed E-state index contributed by atoms with van der Waals surface area (Å²) in [6.45, 7) is 2.52. The van der Waals surface area contributed by atoms with E-state index >= 15 is 0 Å². The zero-order valence-corrected chi connectivity index (χ0v) is 7.01. The van der Waals surface area contributed by atoms with Crippen LogP contribution in [-0.4, -0.2) is 35.0 Å². The van der Waals surface area contributed by atoms with Crippen LogP contribution in [0.3, 0.4) is 0 Å². The van der Waals surface area contributed by atoms with E-state index < -0.39 is 0 Å². The SMILES string of the molecule is C[C@H](O)CNC1(CO)CCC1. The highest BCUT2D eigenvalue weighted by Crippen LogP contribution is 2.30. The Morgan fingerprint density at radius 1 is 1.55 bits per heavy atom. The Balaban J connectivity index is 2.22. The Hall–Kier alpha value is -0.120. The standard InChI is InChI=1S/C8H17NO2/c1-7(11)5-9-8(6-10)3-2-4-8/h7,9-11H,2-6H2,1H3/t7-/m0/s1. The minimum Gasteiger partial charge on any atom is -0.394 e. The first-order chi connectivity index (χ1) is 5.18. The number of rotatable bonds is 4. The first-order valence-electron chi connectivity index (χ1n) is 4.22. The number of nitrogens with one attached hydrogen (secondary N) is 1. The zero-order valence-electron chi connectivity index (χ0n) is 7.01. The molecule has 11 heavy (non-hydrogen) atoms. The minimum absolute atomic E-state index is 0.0585. The highest BCUT2D eigenvalue weighted by atomic mass is 16.3. The van der Waals surface area contributed by atoms with Crippen molar-refractivity contribution in [1.82, 2.24) is 5.32 Å². The van der Waals surface area contributed by atoms with Crippen LogP contribution in [-0.2, 0) is 0 Å². The predicted octanol–water partition coefficient (Wildman–Crippen LogP) is -0.128.